The number of anilines is 1. The van der Waals surface area contributed by atoms with Gasteiger partial charge in [-0.15, -0.1) is 0 Å². The molecule has 0 spiro atoms. The third kappa shape index (κ3) is 5.93. The molecule has 154 valence electrons. The number of hydrogen-bond acceptors (Lipinski definition) is 5. The van der Waals surface area contributed by atoms with E-state index in [1.165, 1.54) is 0 Å². The first-order chi connectivity index (χ1) is 13.3. The molecule has 1 aromatic rings. The summed E-state index contributed by atoms with van der Waals surface area (Å²) in [4.78, 5) is 25.5. The van der Waals surface area contributed by atoms with Gasteiger partial charge < -0.3 is 15.0 Å². The highest BCUT2D eigenvalue weighted by atomic mass is 32.2. The van der Waals surface area contributed by atoms with Gasteiger partial charge in [-0.05, 0) is 49.4 Å². The zero-order valence-electron chi connectivity index (χ0n) is 16.1. The number of nitrogens with one attached hydrogen (secondary N) is 2. The van der Waals surface area contributed by atoms with Crippen LogP contribution in [0.25, 0.3) is 0 Å². The number of likely N-dealkylation sites (tertiary alicyclic amines) is 1. The zero-order chi connectivity index (χ0) is 20.1. The van der Waals surface area contributed by atoms with Crippen LogP contribution in [0.3, 0.4) is 0 Å². The molecule has 0 aliphatic carbocycles. The fourth-order valence-corrected chi connectivity index (χ4v) is 4.42. The van der Waals surface area contributed by atoms with Crippen molar-refractivity contribution in [3.63, 3.8) is 0 Å². The number of amides is 2. The second-order valence-electron chi connectivity index (χ2n) is 7.39. The molecule has 3 rings (SSSR count). The van der Waals surface area contributed by atoms with Crippen molar-refractivity contribution in [1.82, 2.24) is 9.62 Å². The Labute approximate surface area is 165 Å². The predicted molar refractivity (Wildman–Crippen MR) is 106 cm³/mol. The van der Waals surface area contributed by atoms with Crippen LogP contribution in [0, 0.1) is 0 Å². The molecular formula is C19H27N3O5S. The van der Waals surface area contributed by atoms with E-state index in [4.69, 9.17) is 4.74 Å². The quantitative estimate of drug-likeness (QED) is 0.660. The van der Waals surface area contributed by atoms with Crippen LogP contribution in [-0.4, -0.2) is 57.1 Å². The largest absolute Gasteiger partial charge is 0.494 e. The van der Waals surface area contributed by atoms with Crippen molar-refractivity contribution in [2.45, 2.75) is 44.6 Å². The molecule has 1 aromatic carbocycles. The van der Waals surface area contributed by atoms with Gasteiger partial charge in [0, 0.05) is 37.7 Å². The number of carbonyl (C=O) groups is 2. The van der Waals surface area contributed by atoms with Gasteiger partial charge in [0.15, 0.2) is 0 Å². The lowest BCUT2D eigenvalue weighted by atomic mass is 10.0. The Kier molecular flexibility index (Phi) is 6.56. The maximum atomic E-state index is 12.4. The number of rotatable bonds is 7. The average molecular weight is 410 g/mol. The molecule has 2 N–H and O–H groups in total. The molecule has 2 amide bonds. The van der Waals surface area contributed by atoms with E-state index in [0.29, 0.717) is 45.4 Å². The summed E-state index contributed by atoms with van der Waals surface area (Å²) < 4.78 is 31.1. The molecule has 1 saturated heterocycles. The van der Waals surface area contributed by atoms with Gasteiger partial charge in [0.2, 0.25) is 21.8 Å². The molecule has 0 bridgehead atoms. The number of hydrogen-bond donors (Lipinski definition) is 2. The molecule has 8 nitrogen and oxygen atoms in total. The molecule has 1 fully saturated rings. The van der Waals surface area contributed by atoms with Gasteiger partial charge in [-0.25, -0.2) is 13.1 Å². The maximum absolute atomic E-state index is 12.4. The van der Waals surface area contributed by atoms with Crippen LogP contribution < -0.4 is 14.8 Å². The van der Waals surface area contributed by atoms with Crippen LogP contribution in [0.4, 0.5) is 5.69 Å². The standard InChI is InChI=1S/C19H27N3O5S/c1-28(25,26)21-15-4-2-10-22(13-15)19(24)5-3-11-27-16-7-8-17-14(12-16)6-9-18(23)20-17/h7-8,12,15,21H,2-6,9-11,13H2,1H3,(H,20,23). The number of fused-ring (bicyclic) bond motifs is 1. The van der Waals surface area contributed by atoms with Crippen molar-refractivity contribution >= 4 is 27.5 Å². The Morgan fingerprint density at radius 1 is 1.36 bits per heavy atom. The monoisotopic (exact) mass is 409 g/mol. The van der Waals surface area contributed by atoms with Crippen LogP contribution in [0.1, 0.15) is 37.7 Å². The first-order valence-corrected chi connectivity index (χ1v) is 11.5. The average Bonchev–Trinajstić information content (AvgIpc) is 2.64. The van der Waals surface area contributed by atoms with Gasteiger partial charge >= 0.3 is 0 Å². The number of benzene rings is 1. The first kappa shape index (κ1) is 20.6. The number of sulfonamides is 1. The fourth-order valence-electron chi connectivity index (χ4n) is 3.62. The van der Waals surface area contributed by atoms with Crippen molar-refractivity contribution < 1.29 is 22.7 Å². The summed E-state index contributed by atoms with van der Waals surface area (Å²) in [5, 5.41) is 2.84. The van der Waals surface area contributed by atoms with Gasteiger partial charge in [-0.3, -0.25) is 9.59 Å². The van der Waals surface area contributed by atoms with Crippen molar-refractivity contribution in [1.29, 1.82) is 0 Å². The Hall–Kier alpha value is -2.13. The van der Waals surface area contributed by atoms with Gasteiger partial charge in [0.25, 0.3) is 0 Å². The lowest BCUT2D eigenvalue weighted by Gasteiger charge is -2.32. The maximum Gasteiger partial charge on any atom is 0.224 e. The summed E-state index contributed by atoms with van der Waals surface area (Å²) in [6.07, 6.45) is 4.82. The Bertz CT molecular complexity index is 840. The molecule has 9 heteroatoms. The Morgan fingerprint density at radius 3 is 2.96 bits per heavy atom. The van der Waals surface area contributed by atoms with E-state index in [2.05, 4.69) is 10.0 Å². The van der Waals surface area contributed by atoms with Gasteiger partial charge in [0.05, 0.1) is 12.9 Å². The van der Waals surface area contributed by atoms with Crippen LogP contribution >= 0.6 is 0 Å². The molecule has 1 atom stereocenters. The summed E-state index contributed by atoms with van der Waals surface area (Å²) in [6.45, 7) is 1.51. The van der Waals surface area contributed by atoms with Gasteiger partial charge in [-0.2, -0.15) is 0 Å². The van der Waals surface area contributed by atoms with Crippen LogP contribution in [0.15, 0.2) is 18.2 Å². The highest BCUT2D eigenvalue weighted by Crippen LogP contribution is 2.26. The molecule has 2 aliphatic rings. The normalized spacial score (nSPS) is 19.7. The molecule has 28 heavy (non-hydrogen) atoms. The SMILES string of the molecule is CS(=O)(=O)NC1CCCN(C(=O)CCCOc2ccc3c(c2)CCC(=O)N3)C1. The molecule has 2 heterocycles. The highest BCUT2D eigenvalue weighted by molar-refractivity contribution is 7.88. The van der Waals surface area contributed by atoms with E-state index >= 15 is 0 Å². The van der Waals surface area contributed by atoms with E-state index in [0.717, 1.165) is 36.1 Å². The van der Waals surface area contributed by atoms with Crippen LogP contribution in [-0.2, 0) is 26.0 Å². The summed E-state index contributed by atoms with van der Waals surface area (Å²) in [6, 6.07) is 5.39. The molecular weight excluding hydrogens is 382 g/mol. The zero-order valence-corrected chi connectivity index (χ0v) is 16.9. The molecule has 0 aromatic heterocycles. The summed E-state index contributed by atoms with van der Waals surface area (Å²) in [7, 11) is -3.27. The molecule has 1 unspecified atom stereocenters. The lowest BCUT2D eigenvalue weighted by Crippen LogP contribution is -2.49. The van der Waals surface area contributed by atoms with Crippen LogP contribution in [0.5, 0.6) is 5.75 Å². The first-order valence-electron chi connectivity index (χ1n) is 9.61. The number of ether oxygens (including phenoxy) is 1. The number of piperidine rings is 1. The third-order valence-corrected chi connectivity index (χ3v) is 5.69. The van der Waals surface area contributed by atoms with E-state index in [-0.39, 0.29) is 17.9 Å². The Balaban J connectivity index is 1.41. The molecule has 0 saturated carbocycles. The van der Waals surface area contributed by atoms with Crippen molar-refractivity contribution in [2.75, 3.05) is 31.3 Å². The minimum absolute atomic E-state index is 0.0248. The smallest absolute Gasteiger partial charge is 0.224 e. The third-order valence-electron chi connectivity index (χ3n) is 4.93. The van der Waals surface area contributed by atoms with Crippen molar-refractivity contribution in [3.8, 4) is 5.75 Å². The number of nitrogens with zero attached hydrogens (tertiary/aromatic N) is 1. The molecule has 0 radical (unpaired) electrons. The predicted octanol–water partition coefficient (Wildman–Crippen LogP) is 1.27. The van der Waals surface area contributed by atoms with E-state index in [1.54, 1.807) is 4.90 Å². The van der Waals surface area contributed by atoms with Crippen molar-refractivity contribution in [3.05, 3.63) is 23.8 Å². The second-order valence-corrected chi connectivity index (χ2v) is 9.17. The van der Waals surface area contributed by atoms with Crippen LogP contribution in [0.2, 0.25) is 0 Å². The van der Waals surface area contributed by atoms with E-state index in [1.807, 2.05) is 18.2 Å². The minimum atomic E-state index is -3.27. The van der Waals surface area contributed by atoms with Crippen molar-refractivity contribution in [2.24, 2.45) is 0 Å². The lowest BCUT2D eigenvalue weighted by molar-refractivity contribution is -0.132. The Morgan fingerprint density at radius 2 is 2.18 bits per heavy atom. The van der Waals surface area contributed by atoms with E-state index < -0.39 is 10.0 Å². The minimum Gasteiger partial charge on any atom is -0.494 e. The highest BCUT2D eigenvalue weighted by Gasteiger charge is 2.25. The van der Waals surface area contributed by atoms with E-state index in [9.17, 15) is 18.0 Å². The second kappa shape index (κ2) is 8.91. The number of aryl methyl sites for hydroxylation is 1. The fraction of sp³-hybridized carbons (Fsp3) is 0.579. The topological polar surface area (TPSA) is 105 Å². The summed E-state index contributed by atoms with van der Waals surface area (Å²) in [5.74, 6) is 0.792. The molecule has 2 aliphatic heterocycles. The summed E-state index contributed by atoms with van der Waals surface area (Å²) >= 11 is 0. The summed E-state index contributed by atoms with van der Waals surface area (Å²) in [5.41, 5.74) is 1.90. The number of carbonyl (C=O) groups excluding carboxylic acids is 2. The van der Waals surface area contributed by atoms with Gasteiger partial charge in [-0.1, -0.05) is 0 Å². The van der Waals surface area contributed by atoms with Gasteiger partial charge in [0.1, 0.15) is 5.75 Å².